The number of ether oxygens (including phenoxy) is 1. The molecule has 4 nitrogen and oxygen atoms in total. The van der Waals surface area contributed by atoms with E-state index in [1.165, 1.54) is 25.0 Å². The van der Waals surface area contributed by atoms with E-state index in [1.807, 2.05) is 12.4 Å². The highest BCUT2D eigenvalue weighted by Crippen LogP contribution is 2.25. The zero-order valence-electron chi connectivity index (χ0n) is 11.1. The van der Waals surface area contributed by atoms with Crippen LogP contribution in [0.4, 0.5) is 5.95 Å². The third kappa shape index (κ3) is 4.21. The van der Waals surface area contributed by atoms with Crippen molar-refractivity contribution in [3.63, 3.8) is 0 Å². The van der Waals surface area contributed by atoms with Crippen molar-refractivity contribution in [3.05, 3.63) is 12.4 Å². The minimum Gasteiger partial charge on any atom is -0.385 e. The number of nitrogens with zero attached hydrogens (tertiary/aromatic N) is 2. The van der Waals surface area contributed by atoms with Crippen LogP contribution in [0.15, 0.2) is 12.4 Å². The van der Waals surface area contributed by atoms with Crippen LogP contribution in [0.25, 0.3) is 0 Å². The molecule has 1 unspecified atom stereocenters. The normalized spacial score (nSPS) is 19.9. The fourth-order valence-electron chi connectivity index (χ4n) is 2.21. The van der Waals surface area contributed by atoms with Crippen molar-refractivity contribution in [2.24, 2.45) is 0 Å². The Morgan fingerprint density at radius 3 is 3.28 bits per heavy atom. The van der Waals surface area contributed by atoms with Crippen molar-refractivity contribution in [2.45, 2.75) is 37.5 Å². The Bertz CT molecular complexity index is 337. The van der Waals surface area contributed by atoms with E-state index in [9.17, 15) is 0 Å². The molecule has 1 N–H and O–H groups in total. The summed E-state index contributed by atoms with van der Waals surface area (Å²) < 4.78 is 7.25. The summed E-state index contributed by atoms with van der Waals surface area (Å²) in [5.74, 6) is 2.31. The van der Waals surface area contributed by atoms with Gasteiger partial charge < -0.3 is 14.6 Å². The lowest BCUT2D eigenvalue weighted by molar-refractivity contribution is 0.190. The number of aromatic nitrogens is 2. The van der Waals surface area contributed by atoms with E-state index in [4.69, 9.17) is 4.74 Å². The second-order valence-electron chi connectivity index (χ2n) is 4.66. The van der Waals surface area contributed by atoms with Crippen LogP contribution in [-0.2, 0) is 11.3 Å². The highest BCUT2D eigenvalue weighted by molar-refractivity contribution is 7.99. The van der Waals surface area contributed by atoms with E-state index in [2.05, 4.69) is 26.6 Å². The lowest BCUT2D eigenvalue weighted by Crippen LogP contribution is -2.21. The first-order chi connectivity index (χ1) is 8.90. The Balaban J connectivity index is 1.75. The molecule has 2 rings (SSSR count). The molecule has 2 heterocycles. The summed E-state index contributed by atoms with van der Waals surface area (Å²) in [6.45, 7) is 2.80. The average molecular weight is 269 g/mol. The number of imidazole rings is 1. The van der Waals surface area contributed by atoms with E-state index in [1.54, 1.807) is 7.11 Å². The van der Waals surface area contributed by atoms with Crippen molar-refractivity contribution >= 4 is 17.7 Å². The van der Waals surface area contributed by atoms with Crippen LogP contribution in [0, 0.1) is 0 Å². The quantitative estimate of drug-likeness (QED) is 0.772. The molecule has 5 heteroatoms. The fraction of sp³-hybridized carbons (Fsp3) is 0.769. The number of aryl methyl sites for hydroxylation is 1. The predicted octanol–water partition coefficient (Wildman–Crippen LogP) is 2.62. The molecule has 1 aromatic rings. The van der Waals surface area contributed by atoms with Crippen LogP contribution in [-0.4, -0.2) is 40.8 Å². The van der Waals surface area contributed by atoms with Crippen LogP contribution in [0.1, 0.15) is 25.7 Å². The molecule has 0 aliphatic carbocycles. The number of thioether (sulfide) groups is 1. The van der Waals surface area contributed by atoms with Gasteiger partial charge in [-0.1, -0.05) is 6.42 Å². The SMILES string of the molecule is COCCCn1ccnc1NCC1CCCCS1. The average Bonchev–Trinajstić information content (AvgIpc) is 2.86. The highest BCUT2D eigenvalue weighted by atomic mass is 32.2. The van der Waals surface area contributed by atoms with Crippen molar-refractivity contribution in [3.8, 4) is 0 Å². The molecular formula is C13H23N3OS. The lowest BCUT2D eigenvalue weighted by Gasteiger charge is -2.21. The molecule has 1 fully saturated rings. The molecule has 1 aromatic heterocycles. The maximum atomic E-state index is 5.08. The molecule has 0 aromatic carbocycles. The molecule has 1 atom stereocenters. The summed E-state index contributed by atoms with van der Waals surface area (Å²) in [7, 11) is 1.74. The summed E-state index contributed by atoms with van der Waals surface area (Å²) in [5.41, 5.74) is 0. The van der Waals surface area contributed by atoms with Gasteiger partial charge in [-0.3, -0.25) is 0 Å². The van der Waals surface area contributed by atoms with Gasteiger partial charge in [-0.05, 0) is 25.0 Å². The van der Waals surface area contributed by atoms with Gasteiger partial charge in [0.05, 0.1) is 0 Å². The molecular weight excluding hydrogens is 246 g/mol. The smallest absolute Gasteiger partial charge is 0.202 e. The van der Waals surface area contributed by atoms with Gasteiger partial charge in [0.1, 0.15) is 0 Å². The van der Waals surface area contributed by atoms with Crippen LogP contribution in [0.3, 0.4) is 0 Å². The standard InChI is InChI=1S/C13H23N3OS/c1-17-9-4-7-16-8-6-14-13(16)15-11-12-5-2-3-10-18-12/h6,8,12H,2-5,7,9-11H2,1H3,(H,14,15). The van der Waals surface area contributed by atoms with Gasteiger partial charge in [-0.15, -0.1) is 0 Å². The first-order valence-electron chi connectivity index (χ1n) is 6.75. The van der Waals surface area contributed by atoms with Gasteiger partial charge in [-0.2, -0.15) is 11.8 Å². The van der Waals surface area contributed by atoms with Gasteiger partial charge in [0.2, 0.25) is 5.95 Å². The van der Waals surface area contributed by atoms with Gasteiger partial charge in [0, 0.05) is 44.4 Å². The lowest BCUT2D eigenvalue weighted by atomic mass is 10.2. The Labute approximate surface area is 114 Å². The van der Waals surface area contributed by atoms with Crippen molar-refractivity contribution in [1.82, 2.24) is 9.55 Å². The summed E-state index contributed by atoms with van der Waals surface area (Å²) in [6.07, 6.45) is 9.02. The molecule has 1 aliphatic rings. The summed E-state index contributed by atoms with van der Waals surface area (Å²) in [6, 6.07) is 0. The van der Waals surface area contributed by atoms with Gasteiger partial charge in [-0.25, -0.2) is 4.98 Å². The first-order valence-corrected chi connectivity index (χ1v) is 7.80. The zero-order valence-corrected chi connectivity index (χ0v) is 11.9. The van der Waals surface area contributed by atoms with Crippen LogP contribution >= 0.6 is 11.8 Å². The number of hydrogen-bond donors (Lipinski definition) is 1. The van der Waals surface area contributed by atoms with Crippen molar-refractivity contribution in [1.29, 1.82) is 0 Å². The van der Waals surface area contributed by atoms with Crippen molar-refractivity contribution < 1.29 is 4.74 Å². The van der Waals surface area contributed by atoms with Gasteiger partial charge >= 0.3 is 0 Å². The number of nitrogens with one attached hydrogen (secondary N) is 1. The predicted molar refractivity (Wildman–Crippen MR) is 77.3 cm³/mol. The Kier molecular flexibility index (Phi) is 5.87. The van der Waals surface area contributed by atoms with E-state index in [0.717, 1.165) is 37.3 Å². The molecule has 0 saturated carbocycles. The summed E-state index contributed by atoms with van der Waals surface area (Å²) in [4.78, 5) is 4.38. The molecule has 0 spiro atoms. The highest BCUT2D eigenvalue weighted by Gasteiger charge is 2.14. The Morgan fingerprint density at radius 2 is 2.50 bits per heavy atom. The number of methoxy groups -OCH3 is 1. The maximum Gasteiger partial charge on any atom is 0.202 e. The maximum absolute atomic E-state index is 5.08. The van der Waals surface area contributed by atoms with E-state index in [-0.39, 0.29) is 0 Å². The molecule has 0 amide bonds. The van der Waals surface area contributed by atoms with Crippen LogP contribution < -0.4 is 5.32 Å². The number of hydrogen-bond acceptors (Lipinski definition) is 4. The molecule has 1 saturated heterocycles. The number of rotatable bonds is 7. The van der Waals surface area contributed by atoms with E-state index in [0.29, 0.717) is 0 Å². The van der Waals surface area contributed by atoms with Crippen LogP contribution in [0.2, 0.25) is 0 Å². The topological polar surface area (TPSA) is 39.1 Å². The molecule has 0 bridgehead atoms. The minimum atomic E-state index is 0.753. The van der Waals surface area contributed by atoms with E-state index >= 15 is 0 Å². The Hall–Kier alpha value is -0.680. The third-order valence-electron chi connectivity index (χ3n) is 3.22. The Morgan fingerprint density at radius 1 is 1.56 bits per heavy atom. The second kappa shape index (κ2) is 7.69. The molecule has 0 radical (unpaired) electrons. The molecule has 1 aliphatic heterocycles. The largest absolute Gasteiger partial charge is 0.385 e. The van der Waals surface area contributed by atoms with Gasteiger partial charge in [0.25, 0.3) is 0 Å². The fourth-order valence-corrected chi connectivity index (χ4v) is 3.45. The third-order valence-corrected chi connectivity index (χ3v) is 4.62. The van der Waals surface area contributed by atoms with Crippen LogP contribution in [0.5, 0.6) is 0 Å². The summed E-state index contributed by atoms with van der Waals surface area (Å²) in [5, 5.41) is 4.23. The molecule has 18 heavy (non-hydrogen) atoms. The second-order valence-corrected chi connectivity index (χ2v) is 6.07. The molecule has 102 valence electrons. The van der Waals surface area contributed by atoms with Gasteiger partial charge in [0.15, 0.2) is 0 Å². The zero-order chi connectivity index (χ0) is 12.6. The van der Waals surface area contributed by atoms with E-state index < -0.39 is 0 Å². The number of anilines is 1. The van der Waals surface area contributed by atoms with Crippen molar-refractivity contribution in [2.75, 3.05) is 31.3 Å². The monoisotopic (exact) mass is 269 g/mol. The first kappa shape index (κ1) is 13.7. The summed E-state index contributed by atoms with van der Waals surface area (Å²) >= 11 is 2.09. The minimum absolute atomic E-state index is 0.753.